The van der Waals surface area contributed by atoms with Gasteiger partial charge in [0.1, 0.15) is 5.82 Å². The van der Waals surface area contributed by atoms with Gasteiger partial charge in [-0.1, -0.05) is 12.1 Å². The lowest BCUT2D eigenvalue weighted by molar-refractivity contribution is -0.138. The summed E-state index contributed by atoms with van der Waals surface area (Å²) < 4.78 is 13.5. The van der Waals surface area contributed by atoms with Crippen LogP contribution in [0, 0.1) is 11.7 Å². The maximum Gasteiger partial charge on any atom is 0.226 e. The third-order valence-corrected chi connectivity index (χ3v) is 6.82. The van der Waals surface area contributed by atoms with Crippen LogP contribution in [0.25, 0.3) is 11.1 Å². The van der Waals surface area contributed by atoms with Crippen LogP contribution in [0.5, 0.6) is 0 Å². The molecule has 1 atom stereocenters. The zero-order valence-electron chi connectivity index (χ0n) is 19.6. The van der Waals surface area contributed by atoms with Crippen LogP contribution in [-0.4, -0.2) is 65.4 Å². The van der Waals surface area contributed by atoms with E-state index in [-0.39, 0.29) is 23.7 Å². The van der Waals surface area contributed by atoms with Crippen LogP contribution in [0.4, 0.5) is 10.3 Å². The Morgan fingerprint density at radius 1 is 1.09 bits per heavy atom. The largest absolute Gasteiger partial charge is 0.347 e. The van der Waals surface area contributed by atoms with Gasteiger partial charge in [-0.05, 0) is 70.3 Å². The van der Waals surface area contributed by atoms with E-state index < -0.39 is 0 Å². The minimum absolute atomic E-state index is 0.0765. The fraction of sp³-hybridized carbons (Fsp3) is 0.560. The molecule has 2 saturated heterocycles. The molecule has 0 N–H and O–H groups in total. The van der Waals surface area contributed by atoms with Gasteiger partial charge >= 0.3 is 0 Å². The van der Waals surface area contributed by atoms with E-state index in [1.807, 2.05) is 30.1 Å². The van der Waals surface area contributed by atoms with Crippen LogP contribution in [0.15, 0.2) is 30.5 Å². The molecule has 0 radical (unpaired) electrons. The first kappa shape index (κ1) is 22.6. The molecular formula is C25H34FN5O. The minimum atomic E-state index is -0.272. The number of amides is 1. The van der Waals surface area contributed by atoms with E-state index in [1.165, 1.54) is 12.1 Å². The minimum Gasteiger partial charge on any atom is -0.347 e. The molecule has 3 heterocycles. The molecule has 2 aromatic rings. The van der Waals surface area contributed by atoms with Crippen LogP contribution in [0.1, 0.15) is 51.3 Å². The number of anilines is 1. The van der Waals surface area contributed by atoms with E-state index in [0.29, 0.717) is 12.0 Å². The fourth-order valence-electron chi connectivity index (χ4n) is 4.92. The van der Waals surface area contributed by atoms with Crippen LogP contribution >= 0.6 is 0 Å². The topological polar surface area (TPSA) is 52.6 Å². The molecule has 32 heavy (non-hydrogen) atoms. The predicted octanol–water partition coefficient (Wildman–Crippen LogP) is 4.13. The Bertz CT molecular complexity index is 938. The van der Waals surface area contributed by atoms with Crippen LogP contribution in [-0.2, 0) is 4.79 Å². The van der Waals surface area contributed by atoms with Gasteiger partial charge in [0, 0.05) is 44.4 Å². The fourth-order valence-corrected chi connectivity index (χ4v) is 4.92. The third kappa shape index (κ3) is 4.63. The summed E-state index contributed by atoms with van der Waals surface area (Å²) in [6.45, 7) is 7.15. The van der Waals surface area contributed by atoms with Crippen LogP contribution in [0.2, 0.25) is 0 Å². The highest BCUT2D eigenvalue weighted by atomic mass is 19.1. The Hall–Kier alpha value is -2.54. The van der Waals surface area contributed by atoms with Crippen molar-refractivity contribution in [3.63, 3.8) is 0 Å². The molecule has 7 heteroatoms. The Kier molecular flexibility index (Phi) is 6.74. The summed E-state index contributed by atoms with van der Waals surface area (Å²) in [6, 6.07) is 6.88. The van der Waals surface area contributed by atoms with E-state index in [0.717, 1.165) is 62.1 Å². The van der Waals surface area contributed by atoms with Gasteiger partial charge in [-0.25, -0.2) is 14.4 Å². The molecule has 4 rings (SSSR count). The van der Waals surface area contributed by atoms with Crippen LogP contribution in [0.3, 0.4) is 0 Å². The number of nitrogens with zero attached hydrogens (tertiary/aromatic N) is 5. The number of rotatable bonds is 5. The second-order valence-corrected chi connectivity index (χ2v) is 9.46. The zero-order valence-corrected chi connectivity index (χ0v) is 19.6. The average molecular weight is 440 g/mol. The maximum atomic E-state index is 13.6. The molecule has 0 unspecified atom stereocenters. The van der Waals surface area contributed by atoms with E-state index in [9.17, 15) is 9.18 Å². The molecule has 172 valence electrons. The molecule has 0 spiro atoms. The second kappa shape index (κ2) is 9.53. The van der Waals surface area contributed by atoms with Gasteiger partial charge in [0.15, 0.2) is 0 Å². The number of hydrogen-bond donors (Lipinski definition) is 0. The van der Waals surface area contributed by atoms with Crippen molar-refractivity contribution in [1.29, 1.82) is 0 Å². The van der Waals surface area contributed by atoms with Crippen molar-refractivity contribution in [2.45, 2.75) is 51.6 Å². The number of benzene rings is 1. The Labute approximate surface area is 190 Å². The lowest BCUT2D eigenvalue weighted by Crippen LogP contribution is -2.44. The first-order chi connectivity index (χ1) is 15.3. The molecule has 2 fully saturated rings. The summed E-state index contributed by atoms with van der Waals surface area (Å²) in [5, 5.41) is 0. The summed E-state index contributed by atoms with van der Waals surface area (Å²) in [6.07, 6.45) is 5.49. The monoisotopic (exact) mass is 439 g/mol. The van der Waals surface area contributed by atoms with Crippen LogP contribution < -0.4 is 4.90 Å². The standard InChI is InChI=1S/C25H34FN5O/c1-17(2)30-14-11-19(12-15-30)24(32)31-13-5-6-22(31)23-21(16-27-25(28-23)29(3)4)18-7-9-20(26)10-8-18/h7-10,16-17,19,22H,5-6,11-15H2,1-4H3/t22-/m1/s1. The number of carbonyl (C=O) groups excluding carboxylic acids is 1. The van der Waals surface area contributed by atoms with Gasteiger partial charge < -0.3 is 14.7 Å². The summed E-state index contributed by atoms with van der Waals surface area (Å²) in [5.41, 5.74) is 2.60. The first-order valence-electron chi connectivity index (χ1n) is 11.7. The molecule has 2 aliphatic rings. The molecule has 6 nitrogen and oxygen atoms in total. The van der Waals surface area contributed by atoms with Gasteiger partial charge in [-0.3, -0.25) is 4.79 Å². The summed E-state index contributed by atoms with van der Waals surface area (Å²) in [7, 11) is 3.83. The van der Waals surface area contributed by atoms with Crippen molar-refractivity contribution >= 4 is 11.9 Å². The maximum absolute atomic E-state index is 13.6. The van der Waals surface area contributed by atoms with Gasteiger partial charge in [0.05, 0.1) is 11.7 Å². The highest BCUT2D eigenvalue weighted by Crippen LogP contribution is 2.38. The van der Waals surface area contributed by atoms with Crippen molar-refractivity contribution in [2.24, 2.45) is 5.92 Å². The van der Waals surface area contributed by atoms with Gasteiger partial charge in [0.25, 0.3) is 0 Å². The van der Waals surface area contributed by atoms with Gasteiger partial charge in [-0.2, -0.15) is 0 Å². The van der Waals surface area contributed by atoms with Gasteiger partial charge in [0.2, 0.25) is 11.9 Å². The predicted molar refractivity (Wildman–Crippen MR) is 125 cm³/mol. The van der Waals surface area contributed by atoms with E-state index in [1.54, 1.807) is 12.1 Å². The van der Waals surface area contributed by atoms with E-state index in [2.05, 4.69) is 23.7 Å². The molecule has 0 bridgehead atoms. The smallest absolute Gasteiger partial charge is 0.226 e. The first-order valence-corrected chi connectivity index (χ1v) is 11.7. The van der Waals surface area contributed by atoms with Crippen molar-refractivity contribution < 1.29 is 9.18 Å². The number of hydrogen-bond acceptors (Lipinski definition) is 5. The molecule has 2 aliphatic heterocycles. The Morgan fingerprint density at radius 2 is 1.78 bits per heavy atom. The molecule has 0 saturated carbocycles. The number of halogens is 1. The number of likely N-dealkylation sites (tertiary alicyclic amines) is 2. The molecule has 1 aromatic heterocycles. The highest BCUT2D eigenvalue weighted by molar-refractivity contribution is 5.80. The lowest BCUT2D eigenvalue weighted by atomic mass is 9.93. The molecule has 0 aliphatic carbocycles. The van der Waals surface area contributed by atoms with E-state index >= 15 is 0 Å². The molecule has 1 amide bonds. The van der Waals surface area contributed by atoms with E-state index in [4.69, 9.17) is 4.98 Å². The molecular weight excluding hydrogens is 405 g/mol. The Balaban J connectivity index is 1.63. The number of carbonyl (C=O) groups is 1. The highest BCUT2D eigenvalue weighted by Gasteiger charge is 2.37. The van der Waals surface area contributed by atoms with Crippen molar-refractivity contribution in [3.05, 3.63) is 42.0 Å². The normalized spacial score (nSPS) is 20.2. The summed E-state index contributed by atoms with van der Waals surface area (Å²) in [4.78, 5) is 29.3. The average Bonchev–Trinajstić information content (AvgIpc) is 3.28. The lowest BCUT2D eigenvalue weighted by Gasteiger charge is -2.36. The molecule has 1 aromatic carbocycles. The van der Waals surface area contributed by atoms with Gasteiger partial charge in [-0.15, -0.1) is 0 Å². The van der Waals surface area contributed by atoms with Crippen molar-refractivity contribution in [3.8, 4) is 11.1 Å². The quantitative estimate of drug-likeness (QED) is 0.701. The number of aromatic nitrogens is 2. The second-order valence-electron chi connectivity index (χ2n) is 9.46. The van der Waals surface area contributed by atoms with Crippen molar-refractivity contribution in [1.82, 2.24) is 19.8 Å². The van der Waals surface area contributed by atoms with Crippen molar-refractivity contribution in [2.75, 3.05) is 38.6 Å². The summed E-state index contributed by atoms with van der Waals surface area (Å²) in [5.74, 6) is 0.683. The SMILES string of the molecule is CC(C)N1CCC(C(=O)N2CCC[C@@H]2c2nc(N(C)C)ncc2-c2ccc(F)cc2)CC1. The Morgan fingerprint density at radius 3 is 2.41 bits per heavy atom. The zero-order chi connectivity index (χ0) is 22.8. The number of piperidine rings is 1. The summed E-state index contributed by atoms with van der Waals surface area (Å²) >= 11 is 0. The third-order valence-electron chi connectivity index (χ3n) is 6.82.